The van der Waals surface area contributed by atoms with Gasteiger partial charge >= 0.3 is 23.9 Å². The molecule has 0 aliphatic rings. The molecule has 0 aliphatic carbocycles. The minimum Gasteiger partial charge on any atom is -0.494 e. The van der Waals surface area contributed by atoms with Gasteiger partial charge in [-0.05, 0) is 146 Å². The lowest BCUT2D eigenvalue weighted by Crippen LogP contribution is -2.43. The SMILES string of the molecule is CC(=O)[C@H](CCCCNC(=O)COCCOCCNC(=O)COCCOCCCC(=O)CC[C@H](NC(=O)CCCCCCCOc1ccc(C(=O)O)cc1)C(=O)O)CC(=O)[C@H](CCCCNC(=O)COCCOCCCC(=O)COCCOCCNC(=O)CC[C@H](NC(=O)CCCCCCCCCOc1ccc(C(=O)O)cc1)C(=O)O)CC(=O)C(C)(C)N. The average molecular weight is 1750 g/mol. The van der Waals surface area contributed by atoms with E-state index >= 15 is 0 Å². The summed E-state index contributed by atoms with van der Waals surface area (Å²) in [5.41, 5.74) is 5.30. The first-order valence-corrected chi connectivity index (χ1v) is 43.1. The van der Waals surface area contributed by atoms with Crippen LogP contribution in [-0.2, 0) is 100 Å². The average Bonchev–Trinajstić information content (AvgIpc) is 0.870. The molecule has 36 nitrogen and oxygen atoms in total. The molecule has 2 rings (SSSR count). The zero-order chi connectivity index (χ0) is 90.5. The lowest BCUT2D eigenvalue weighted by molar-refractivity contribution is -0.142. The smallest absolute Gasteiger partial charge is 0.335 e. The highest BCUT2D eigenvalue weighted by Crippen LogP contribution is 2.25. The molecule has 694 valence electrons. The second-order valence-corrected chi connectivity index (χ2v) is 30.5. The first-order valence-electron chi connectivity index (χ1n) is 43.1. The molecule has 0 bridgehead atoms. The molecular weight excluding hydrogens is 1610 g/mol. The van der Waals surface area contributed by atoms with Crippen molar-refractivity contribution in [1.82, 2.24) is 31.9 Å². The standard InChI is InChI=1S/C87H137N7O29/c1-64(95)67(22-14-16-40-89-81(104)62-121-57-53-117-49-43-92-82(105)63-120-56-50-114-44-20-24-69(96)32-37-73(85(110)111)93-78(101)27-13-9-7-11-19-47-123-72-35-30-66(31-36-72)84(108)109)58-75(98)68(59-76(99)87(2,3)88)23-15-17-41-90-80(103)61-119-55-51-115-45-21-25-70(97)60-118-54-52-116-48-42-91-77(100)39-38-74(86(112)113)94-79(102)26-12-8-5-4-6-10-18-46-122-71-33-28-65(29-34-71)83(106)107/h28-31,33-36,67-68,73-74H,4-27,32,37-63,88H2,1-3H3,(H,89,104)(H,90,103)(H,91,100)(H,92,105)(H,93,101)(H,94,102)(H,106,107)(H,108,109)(H,110,111)(H,112,113)/t67-,68-,73+,74+/m1/s1. The van der Waals surface area contributed by atoms with Crippen LogP contribution in [0.2, 0.25) is 0 Å². The summed E-state index contributed by atoms with van der Waals surface area (Å²) in [6, 6.07) is 10.0. The van der Waals surface area contributed by atoms with E-state index in [2.05, 4.69) is 31.9 Å². The first kappa shape index (κ1) is 110. The number of aromatic carboxylic acids is 2. The molecule has 0 heterocycles. The predicted molar refractivity (Wildman–Crippen MR) is 450 cm³/mol. The maximum atomic E-state index is 13.7. The molecule has 0 unspecified atom stereocenters. The Morgan fingerprint density at radius 3 is 1.11 bits per heavy atom. The third-order valence-corrected chi connectivity index (χ3v) is 19.3. The molecule has 0 radical (unpaired) electrons. The van der Waals surface area contributed by atoms with Crippen molar-refractivity contribution in [3.05, 3.63) is 59.7 Å². The third kappa shape index (κ3) is 60.8. The molecule has 0 saturated heterocycles. The molecule has 12 N–H and O–H groups in total. The molecule has 6 amide bonds. The van der Waals surface area contributed by atoms with Gasteiger partial charge in [-0.3, -0.25) is 52.7 Å². The number of ketones is 5. The zero-order valence-corrected chi connectivity index (χ0v) is 72.3. The fourth-order valence-electron chi connectivity index (χ4n) is 12.1. The molecule has 123 heavy (non-hydrogen) atoms. The van der Waals surface area contributed by atoms with Crippen LogP contribution in [0.3, 0.4) is 0 Å². The van der Waals surface area contributed by atoms with Crippen molar-refractivity contribution in [2.45, 2.75) is 231 Å². The second kappa shape index (κ2) is 70.1. The largest absolute Gasteiger partial charge is 0.494 e. The predicted octanol–water partition coefficient (Wildman–Crippen LogP) is 6.82. The van der Waals surface area contributed by atoms with E-state index in [-0.39, 0.29) is 247 Å². The maximum absolute atomic E-state index is 13.7. The van der Waals surface area contributed by atoms with Crippen molar-refractivity contribution in [2.24, 2.45) is 17.6 Å². The van der Waals surface area contributed by atoms with E-state index in [9.17, 15) is 82.1 Å². The minimum atomic E-state index is -1.23. The van der Waals surface area contributed by atoms with E-state index in [4.69, 9.17) is 63.3 Å². The van der Waals surface area contributed by atoms with Crippen LogP contribution in [0.25, 0.3) is 0 Å². The minimum absolute atomic E-state index is 0.0187. The molecule has 2 aromatic rings. The Hall–Kier alpha value is -9.27. The number of carbonyl (C=O) groups excluding carboxylic acids is 11. The van der Waals surface area contributed by atoms with Crippen LogP contribution in [0.1, 0.15) is 234 Å². The molecule has 36 heteroatoms. The summed E-state index contributed by atoms with van der Waals surface area (Å²) in [5, 5.41) is 53.1. The highest BCUT2D eigenvalue weighted by molar-refractivity contribution is 5.94. The number of benzene rings is 2. The number of nitrogens with one attached hydrogen (secondary N) is 6. The maximum Gasteiger partial charge on any atom is 0.335 e. The van der Waals surface area contributed by atoms with Crippen LogP contribution in [0, 0.1) is 11.8 Å². The van der Waals surface area contributed by atoms with Crippen LogP contribution in [0.15, 0.2) is 48.5 Å². The Labute approximate surface area is 721 Å². The number of Topliss-reactive ketones (excluding diaryl/α,β-unsaturated/α-hetero) is 5. The van der Waals surface area contributed by atoms with Gasteiger partial charge in [0.25, 0.3) is 0 Å². The number of ether oxygens (including phenoxy) is 10. The first-order chi connectivity index (χ1) is 59.0. The van der Waals surface area contributed by atoms with Crippen molar-refractivity contribution >= 4 is 88.2 Å². The lowest BCUT2D eigenvalue weighted by atomic mass is 9.82. The van der Waals surface area contributed by atoms with Gasteiger partial charge in [0.1, 0.15) is 67.4 Å². The van der Waals surface area contributed by atoms with E-state index in [1.165, 1.54) is 31.2 Å². The number of nitrogens with two attached hydrogens (primary N) is 1. The van der Waals surface area contributed by atoms with E-state index < -0.39 is 65.1 Å². The zero-order valence-electron chi connectivity index (χ0n) is 72.3. The van der Waals surface area contributed by atoms with Gasteiger partial charge in [-0.15, -0.1) is 0 Å². The van der Waals surface area contributed by atoms with Gasteiger partial charge in [-0.2, -0.15) is 0 Å². The van der Waals surface area contributed by atoms with Crippen molar-refractivity contribution in [3.63, 3.8) is 0 Å². The number of carboxylic acids is 4. The van der Waals surface area contributed by atoms with Gasteiger partial charge in [0.2, 0.25) is 35.4 Å². The Morgan fingerprint density at radius 2 is 0.699 bits per heavy atom. The molecule has 4 atom stereocenters. The molecule has 0 spiro atoms. The number of unbranched alkanes of at least 4 members (excludes halogenated alkanes) is 12. The quantitative estimate of drug-likeness (QED) is 0.0303. The number of hydrogen-bond donors (Lipinski definition) is 11. The Morgan fingerprint density at radius 1 is 0.333 bits per heavy atom. The Kier molecular flexibility index (Phi) is 62.5. The number of amides is 6. The summed E-state index contributed by atoms with van der Waals surface area (Å²) in [4.78, 5) is 184. The Bertz CT molecular complexity index is 3410. The monoisotopic (exact) mass is 1740 g/mol. The summed E-state index contributed by atoms with van der Waals surface area (Å²) in [6.07, 6.45) is 14.0. The molecule has 0 saturated carbocycles. The van der Waals surface area contributed by atoms with Gasteiger partial charge in [0.15, 0.2) is 11.6 Å². The normalized spacial score (nSPS) is 12.2. The van der Waals surface area contributed by atoms with Crippen LogP contribution in [0.5, 0.6) is 11.5 Å². The van der Waals surface area contributed by atoms with E-state index in [0.29, 0.717) is 102 Å². The van der Waals surface area contributed by atoms with Crippen LogP contribution < -0.4 is 47.1 Å². The highest BCUT2D eigenvalue weighted by Gasteiger charge is 2.31. The van der Waals surface area contributed by atoms with Gasteiger partial charge in [-0.25, -0.2) is 19.2 Å². The Balaban J connectivity index is 1.43. The molecule has 0 aliphatic heterocycles. The van der Waals surface area contributed by atoms with Gasteiger partial charge in [0.05, 0.1) is 95.9 Å². The molecule has 0 aromatic heterocycles. The topological polar surface area (TPSA) is 527 Å². The number of rotatable bonds is 83. The van der Waals surface area contributed by atoms with Crippen molar-refractivity contribution in [3.8, 4) is 11.5 Å². The number of hydrogen-bond acceptors (Lipinski definition) is 26. The number of carbonyl (C=O) groups is 15. The summed E-state index contributed by atoms with van der Waals surface area (Å²) in [5.74, 6) is -7.71. The fraction of sp³-hybridized carbons (Fsp3) is 0.690. The van der Waals surface area contributed by atoms with Crippen molar-refractivity contribution < 1.29 is 140 Å². The third-order valence-electron chi connectivity index (χ3n) is 19.3. The second-order valence-electron chi connectivity index (χ2n) is 30.5. The highest BCUT2D eigenvalue weighted by atomic mass is 16.5. The van der Waals surface area contributed by atoms with E-state index in [1.807, 2.05) is 0 Å². The lowest BCUT2D eigenvalue weighted by Gasteiger charge is -2.23. The van der Waals surface area contributed by atoms with Gasteiger partial charge in [-0.1, -0.05) is 64.2 Å². The van der Waals surface area contributed by atoms with Gasteiger partial charge in [0, 0.05) is 103 Å². The van der Waals surface area contributed by atoms with Crippen LogP contribution in [0.4, 0.5) is 0 Å². The van der Waals surface area contributed by atoms with Gasteiger partial charge < -0.3 is 105 Å². The molecule has 2 aromatic carbocycles. The molecule has 0 fully saturated rings. The van der Waals surface area contributed by atoms with E-state index in [1.54, 1.807) is 38.1 Å². The summed E-state index contributed by atoms with van der Waals surface area (Å²) in [7, 11) is 0. The van der Waals surface area contributed by atoms with Crippen LogP contribution >= 0.6 is 0 Å². The molecular formula is C87H137N7O29. The summed E-state index contributed by atoms with van der Waals surface area (Å²) in [6.45, 7) is 7.90. The summed E-state index contributed by atoms with van der Waals surface area (Å²) >= 11 is 0. The summed E-state index contributed by atoms with van der Waals surface area (Å²) < 4.78 is 54.7. The van der Waals surface area contributed by atoms with Crippen molar-refractivity contribution in [1.29, 1.82) is 0 Å². The fourth-order valence-corrected chi connectivity index (χ4v) is 12.1. The van der Waals surface area contributed by atoms with Crippen LogP contribution in [-0.4, -0.2) is 271 Å². The van der Waals surface area contributed by atoms with Crippen molar-refractivity contribution in [2.75, 3.05) is 145 Å². The van der Waals surface area contributed by atoms with E-state index in [0.717, 1.165) is 64.2 Å². The number of carboxylic acid groups (broad SMARTS) is 4. The number of aliphatic carboxylic acids is 2.